The Morgan fingerprint density at radius 3 is 2.38 bits per heavy atom. The molecule has 0 heterocycles. The molecule has 0 atom stereocenters. The zero-order chi connectivity index (χ0) is 17.6. The van der Waals surface area contributed by atoms with Crippen LogP contribution in [0.15, 0.2) is 47.4 Å². The maximum Gasteiger partial charge on any atom is 0.240 e. The van der Waals surface area contributed by atoms with Gasteiger partial charge in [-0.25, -0.2) is 13.1 Å². The fourth-order valence-corrected chi connectivity index (χ4v) is 3.38. The van der Waals surface area contributed by atoms with Crippen molar-refractivity contribution in [1.29, 1.82) is 0 Å². The summed E-state index contributed by atoms with van der Waals surface area (Å²) >= 11 is 0. The zero-order valence-electron chi connectivity index (χ0n) is 14.2. The summed E-state index contributed by atoms with van der Waals surface area (Å²) in [5.41, 5.74) is 2.11. The maximum absolute atomic E-state index is 12.3. The molecule has 0 unspecified atom stereocenters. The first-order chi connectivity index (χ1) is 11.5. The molecule has 24 heavy (non-hydrogen) atoms. The van der Waals surface area contributed by atoms with E-state index >= 15 is 0 Å². The lowest BCUT2D eigenvalue weighted by Gasteiger charge is -2.10. The molecule has 0 bridgehead atoms. The molecule has 0 radical (unpaired) electrons. The van der Waals surface area contributed by atoms with Gasteiger partial charge in [0.1, 0.15) is 11.5 Å². The van der Waals surface area contributed by atoms with Crippen molar-refractivity contribution in [3.63, 3.8) is 0 Å². The molecule has 6 heteroatoms. The standard InChI is InChI=1S/C18H23NO4S/c1-4-23-18-10-5-15(13-14(18)2)11-12-19-24(20,21)17-8-6-16(22-3)7-9-17/h5-10,13,19H,4,11-12H2,1-3H3. The fourth-order valence-electron chi connectivity index (χ4n) is 2.35. The Labute approximate surface area is 143 Å². The number of hydrogen-bond acceptors (Lipinski definition) is 4. The number of nitrogens with one attached hydrogen (secondary N) is 1. The van der Waals surface area contributed by atoms with Crippen molar-refractivity contribution in [3.05, 3.63) is 53.6 Å². The number of hydrogen-bond donors (Lipinski definition) is 1. The highest BCUT2D eigenvalue weighted by atomic mass is 32.2. The molecule has 0 aromatic heterocycles. The molecule has 5 nitrogen and oxygen atoms in total. The van der Waals surface area contributed by atoms with Gasteiger partial charge in [0, 0.05) is 6.54 Å². The van der Waals surface area contributed by atoms with E-state index in [-0.39, 0.29) is 4.90 Å². The molecule has 0 aliphatic carbocycles. The predicted molar refractivity (Wildman–Crippen MR) is 94.2 cm³/mol. The van der Waals surface area contributed by atoms with Crippen molar-refractivity contribution in [3.8, 4) is 11.5 Å². The number of aryl methyl sites for hydroxylation is 1. The molecule has 0 amide bonds. The van der Waals surface area contributed by atoms with Crippen LogP contribution < -0.4 is 14.2 Å². The van der Waals surface area contributed by atoms with Crippen LogP contribution in [0, 0.1) is 6.92 Å². The molecule has 0 aliphatic heterocycles. The smallest absolute Gasteiger partial charge is 0.240 e. The first kappa shape index (κ1) is 18.3. The second kappa shape index (κ2) is 8.17. The van der Waals surface area contributed by atoms with Crippen molar-refractivity contribution in [2.45, 2.75) is 25.2 Å². The van der Waals surface area contributed by atoms with Gasteiger partial charge < -0.3 is 9.47 Å². The Balaban J connectivity index is 1.96. The second-order valence-corrected chi connectivity index (χ2v) is 7.12. The first-order valence-electron chi connectivity index (χ1n) is 7.82. The Kier molecular flexibility index (Phi) is 6.23. The normalized spacial score (nSPS) is 11.3. The summed E-state index contributed by atoms with van der Waals surface area (Å²) in [6, 6.07) is 12.2. The van der Waals surface area contributed by atoms with Crippen LogP contribution in [0.5, 0.6) is 11.5 Å². The predicted octanol–water partition coefficient (Wildman–Crippen LogP) is 2.92. The minimum atomic E-state index is -3.51. The van der Waals surface area contributed by atoms with Gasteiger partial charge in [-0.05, 0) is 61.7 Å². The summed E-state index contributed by atoms with van der Waals surface area (Å²) in [5.74, 6) is 1.49. The number of benzene rings is 2. The largest absolute Gasteiger partial charge is 0.497 e. The summed E-state index contributed by atoms with van der Waals surface area (Å²) in [6.45, 7) is 4.89. The van der Waals surface area contributed by atoms with E-state index in [4.69, 9.17) is 9.47 Å². The van der Waals surface area contributed by atoms with Crippen molar-refractivity contribution >= 4 is 10.0 Å². The Morgan fingerprint density at radius 1 is 1.08 bits per heavy atom. The summed E-state index contributed by atoms with van der Waals surface area (Å²) in [6.07, 6.45) is 0.614. The second-order valence-electron chi connectivity index (χ2n) is 5.36. The van der Waals surface area contributed by atoms with E-state index in [2.05, 4.69) is 4.72 Å². The van der Waals surface area contributed by atoms with Gasteiger partial charge in [0.25, 0.3) is 0 Å². The van der Waals surface area contributed by atoms with Gasteiger partial charge in [0.05, 0.1) is 18.6 Å². The van der Waals surface area contributed by atoms with Crippen molar-refractivity contribution in [2.75, 3.05) is 20.3 Å². The van der Waals surface area contributed by atoms with Crippen LogP contribution >= 0.6 is 0 Å². The van der Waals surface area contributed by atoms with Crippen LogP contribution in [-0.2, 0) is 16.4 Å². The Bertz CT molecular complexity index is 770. The quantitative estimate of drug-likeness (QED) is 0.796. The maximum atomic E-state index is 12.3. The molecule has 1 N–H and O–H groups in total. The molecule has 0 fully saturated rings. The molecular weight excluding hydrogens is 326 g/mol. The van der Waals surface area contributed by atoms with Crippen LogP contribution in [0.2, 0.25) is 0 Å². The Hall–Kier alpha value is -2.05. The third-order valence-corrected chi connectivity index (χ3v) is 5.09. The van der Waals surface area contributed by atoms with Gasteiger partial charge in [-0.3, -0.25) is 0 Å². The van der Waals surface area contributed by atoms with E-state index in [0.29, 0.717) is 25.3 Å². The topological polar surface area (TPSA) is 64.6 Å². The average Bonchev–Trinajstić information content (AvgIpc) is 2.57. The SMILES string of the molecule is CCOc1ccc(CCNS(=O)(=O)c2ccc(OC)cc2)cc1C. The van der Waals surface area contributed by atoms with Crippen molar-refractivity contribution < 1.29 is 17.9 Å². The lowest BCUT2D eigenvalue weighted by Crippen LogP contribution is -2.26. The van der Waals surface area contributed by atoms with Crippen molar-refractivity contribution in [1.82, 2.24) is 4.72 Å². The Morgan fingerprint density at radius 2 is 1.79 bits per heavy atom. The highest BCUT2D eigenvalue weighted by molar-refractivity contribution is 7.89. The molecule has 0 saturated carbocycles. The minimum absolute atomic E-state index is 0.228. The molecule has 130 valence electrons. The van der Waals surface area contributed by atoms with Gasteiger partial charge in [-0.1, -0.05) is 12.1 Å². The number of methoxy groups -OCH3 is 1. The third-order valence-electron chi connectivity index (χ3n) is 3.61. The van der Waals surface area contributed by atoms with Crippen LogP contribution in [0.25, 0.3) is 0 Å². The summed E-state index contributed by atoms with van der Waals surface area (Å²) in [4.78, 5) is 0.228. The van der Waals surface area contributed by atoms with E-state index in [1.807, 2.05) is 32.0 Å². The minimum Gasteiger partial charge on any atom is -0.497 e. The summed E-state index contributed by atoms with van der Waals surface area (Å²) in [7, 11) is -1.97. The van der Waals surface area contributed by atoms with Crippen LogP contribution in [0.1, 0.15) is 18.1 Å². The van der Waals surface area contributed by atoms with Gasteiger partial charge in [-0.2, -0.15) is 0 Å². The lowest BCUT2D eigenvalue weighted by atomic mass is 10.1. The van der Waals surface area contributed by atoms with E-state index in [1.54, 1.807) is 19.2 Å². The molecule has 2 aromatic carbocycles. The highest BCUT2D eigenvalue weighted by Gasteiger charge is 2.13. The lowest BCUT2D eigenvalue weighted by molar-refractivity contribution is 0.338. The molecule has 2 rings (SSSR count). The monoisotopic (exact) mass is 349 g/mol. The summed E-state index contributed by atoms with van der Waals surface area (Å²) < 4.78 is 37.7. The third kappa shape index (κ3) is 4.72. The van der Waals surface area contributed by atoms with Crippen LogP contribution in [0.3, 0.4) is 0 Å². The number of sulfonamides is 1. The van der Waals surface area contributed by atoms with Gasteiger partial charge in [0.2, 0.25) is 10.0 Å². The van der Waals surface area contributed by atoms with Crippen LogP contribution in [-0.4, -0.2) is 28.7 Å². The summed E-state index contributed by atoms with van der Waals surface area (Å²) in [5, 5.41) is 0. The molecule has 0 aliphatic rings. The van der Waals surface area contributed by atoms with Gasteiger partial charge in [-0.15, -0.1) is 0 Å². The van der Waals surface area contributed by atoms with Crippen molar-refractivity contribution in [2.24, 2.45) is 0 Å². The molecule has 0 saturated heterocycles. The van der Waals surface area contributed by atoms with Gasteiger partial charge in [0.15, 0.2) is 0 Å². The number of ether oxygens (including phenoxy) is 2. The molecule has 0 spiro atoms. The fraction of sp³-hybridized carbons (Fsp3) is 0.333. The van der Waals surface area contributed by atoms with E-state index < -0.39 is 10.0 Å². The highest BCUT2D eigenvalue weighted by Crippen LogP contribution is 2.19. The average molecular weight is 349 g/mol. The molecule has 2 aromatic rings. The van der Waals surface area contributed by atoms with E-state index in [9.17, 15) is 8.42 Å². The van der Waals surface area contributed by atoms with E-state index in [1.165, 1.54) is 12.1 Å². The first-order valence-corrected chi connectivity index (χ1v) is 9.30. The van der Waals surface area contributed by atoms with E-state index in [0.717, 1.165) is 16.9 Å². The zero-order valence-corrected chi connectivity index (χ0v) is 15.0. The van der Waals surface area contributed by atoms with Gasteiger partial charge >= 0.3 is 0 Å². The molecular formula is C18H23NO4S. The van der Waals surface area contributed by atoms with Crippen LogP contribution in [0.4, 0.5) is 0 Å². The number of rotatable bonds is 8.